The van der Waals surface area contributed by atoms with Crippen LogP contribution in [0.3, 0.4) is 0 Å². The Morgan fingerprint density at radius 3 is 2.18 bits per heavy atom. The van der Waals surface area contributed by atoms with E-state index in [9.17, 15) is 9.59 Å². The SMILES string of the molecule is O=C(CCC(=O)c1ccccc1)NCCSc1ccccc1. The first kappa shape index (κ1) is 16.3. The third-order valence-electron chi connectivity index (χ3n) is 3.11. The fraction of sp³-hybridized carbons (Fsp3) is 0.222. The van der Waals surface area contributed by atoms with Crippen molar-refractivity contribution >= 4 is 23.5 Å². The maximum atomic E-state index is 11.9. The van der Waals surface area contributed by atoms with Crippen LogP contribution in [0, 0.1) is 0 Å². The monoisotopic (exact) mass is 313 g/mol. The summed E-state index contributed by atoms with van der Waals surface area (Å²) in [7, 11) is 0. The number of thioether (sulfide) groups is 1. The van der Waals surface area contributed by atoms with E-state index < -0.39 is 0 Å². The van der Waals surface area contributed by atoms with Gasteiger partial charge in [0.2, 0.25) is 5.91 Å². The van der Waals surface area contributed by atoms with Gasteiger partial charge in [-0.05, 0) is 12.1 Å². The van der Waals surface area contributed by atoms with Crippen LogP contribution in [0.15, 0.2) is 65.6 Å². The molecule has 114 valence electrons. The Balaban J connectivity index is 1.61. The largest absolute Gasteiger partial charge is 0.355 e. The van der Waals surface area contributed by atoms with E-state index in [0.29, 0.717) is 12.1 Å². The molecule has 2 aromatic rings. The highest BCUT2D eigenvalue weighted by Gasteiger charge is 2.08. The van der Waals surface area contributed by atoms with Crippen LogP contribution >= 0.6 is 11.8 Å². The Morgan fingerprint density at radius 2 is 1.50 bits per heavy atom. The molecule has 0 aliphatic carbocycles. The van der Waals surface area contributed by atoms with Gasteiger partial charge in [-0.2, -0.15) is 0 Å². The summed E-state index contributed by atoms with van der Waals surface area (Å²) in [6.45, 7) is 0.609. The zero-order valence-corrected chi connectivity index (χ0v) is 13.1. The molecular formula is C18H19NO2S. The van der Waals surface area contributed by atoms with Crippen molar-refractivity contribution in [2.75, 3.05) is 12.3 Å². The average Bonchev–Trinajstić information content (AvgIpc) is 2.58. The molecule has 22 heavy (non-hydrogen) atoms. The van der Waals surface area contributed by atoms with Crippen LogP contribution in [0.2, 0.25) is 0 Å². The quantitative estimate of drug-likeness (QED) is 0.460. The number of nitrogens with one attached hydrogen (secondary N) is 1. The molecule has 0 bridgehead atoms. The van der Waals surface area contributed by atoms with Crippen LogP contribution in [0.5, 0.6) is 0 Å². The van der Waals surface area contributed by atoms with Gasteiger partial charge in [-0.25, -0.2) is 0 Å². The van der Waals surface area contributed by atoms with Crippen molar-refractivity contribution in [1.29, 1.82) is 0 Å². The molecule has 0 spiro atoms. The first-order valence-corrected chi connectivity index (χ1v) is 8.27. The van der Waals surface area contributed by atoms with Crippen molar-refractivity contribution in [3.05, 3.63) is 66.2 Å². The zero-order valence-electron chi connectivity index (χ0n) is 12.3. The van der Waals surface area contributed by atoms with Crippen LogP contribution in [-0.4, -0.2) is 24.0 Å². The topological polar surface area (TPSA) is 46.2 Å². The molecule has 0 atom stereocenters. The molecule has 0 unspecified atom stereocenters. The lowest BCUT2D eigenvalue weighted by molar-refractivity contribution is -0.120. The molecule has 2 rings (SSSR count). The van der Waals surface area contributed by atoms with E-state index in [1.165, 1.54) is 4.90 Å². The van der Waals surface area contributed by atoms with E-state index in [1.807, 2.05) is 48.5 Å². The molecule has 0 radical (unpaired) electrons. The number of carbonyl (C=O) groups is 2. The van der Waals surface area contributed by atoms with Gasteiger partial charge >= 0.3 is 0 Å². The summed E-state index contributed by atoms with van der Waals surface area (Å²) < 4.78 is 0. The second-order valence-corrected chi connectivity index (χ2v) is 5.97. The van der Waals surface area contributed by atoms with E-state index in [4.69, 9.17) is 0 Å². The number of amides is 1. The number of ketones is 1. The van der Waals surface area contributed by atoms with Crippen LogP contribution in [0.4, 0.5) is 0 Å². The summed E-state index contributed by atoms with van der Waals surface area (Å²) in [5.41, 5.74) is 0.662. The van der Waals surface area contributed by atoms with Crippen LogP contribution < -0.4 is 5.32 Å². The number of rotatable bonds is 8. The molecule has 4 heteroatoms. The van der Waals surface area contributed by atoms with E-state index in [-0.39, 0.29) is 24.5 Å². The number of benzene rings is 2. The first-order chi connectivity index (χ1) is 10.8. The van der Waals surface area contributed by atoms with Crippen LogP contribution in [0.25, 0.3) is 0 Å². The Kier molecular flexibility index (Phi) is 6.71. The van der Waals surface area contributed by atoms with E-state index in [1.54, 1.807) is 23.9 Å². The molecule has 0 saturated carbocycles. The highest BCUT2D eigenvalue weighted by Crippen LogP contribution is 2.15. The third kappa shape index (κ3) is 5.74. The Morgan fingerprint density at radius 1 is 0.864 bits per heavy atom. The molecule has 2 aromatic carbocycles. The van der Waals surface area contributed by atoms with Gasteiger partial charge in [0.25, 0.3) is 0 Å². The Labute approximate surface area is 135 Å². The van der Waals surface area contributed by atoms with Gasteiger partial charge in [0, 0.05) is 35.6 Å². The highest BCUT2D eigenvalue weighted by atomic mass is 32.2. The van der Waals surface area contributed by atoms with Gasteiger partial charge in [-0.3, -0.25) is 9.59 Å². The maximum absolute atomic E-state index is 11.9. The molecule has 0 fully saturated rings. The van der Waals surface area contributed by atoms with Crippen LogP contribution in [-0.2, 0) is 4.79 Å². The third-order valence-corrected chi connectivity index (χ3v) is 4.12. The molecule has 1 amide bonds. The van der Waals surface area contributed by atoms with Crippen LogP contribution in [0.1, 0.15) is 23.2 Å². The summed E-state index contributed by atoms with van der Waals surface area (Å²) in [5, 5.41) is 2.85. The molecule has 1 N–H and O–H groups in total. The minimum absolute atomic E-state index is 0.00871. The summed E-state index contributed by atoms with van der Waals surface area (Å²) in [6.07, 6.45) is 0.491. The summed E-state index contributed by atoms with van der Waals surface area (Å²) in [5.74, 6) is 0.759. The number of hydrogen-bond acceptors (Lipinski definition) is 3. The standard InChI is InChI=1S/C18H19NO2S/c20-17(15-7-3-1-4-8-15)11-12-18(21)19-13-14-22-16-9-5-2-6-10-16/h1-10H,11-14H2,(H,19,21). The average molecular weight is 313 g/mol. The van der Waals surface area contributed by atoms with Crippen molar-refractivity contribution in [2.45, 2.75) is 17.7 Å². The van der Waals surface area contributed by atoms with Crippen molar-refractivity contribution in [2.24, 2.45) is 0 Å². The number of Topliss-reactive ketones (excluding diaryl/α,β-unsaturated/α-hetero) is 1. The van der Waals surface area contributed by atoms with Crippen molar-refractivity contribution in [3.63, 3.8) is 0 Å². The number of carbonyl (C=O) groups excluding carboxylic acids is 2. The lowest BCUT2D eigenvalue weighted by atomic mass is 10.1. The lowest BCUT2D eigenvalue weighted by Gasteiger charge is -2.05. The summed E-state index contributed by atoms with van der Waals surface area (Å²) in [4.78, 5) is 24.8. The second-order valence-electron chi connectivity index (χ2n) is 4.80. The first-order valence-electron chi connectivity index (χ1n) is 7.28. The van der Waals surface area contributed by atoms with Gasteiger partial charge in [0.15, 0.2) is 5.78 Å². The second kappa shape index (κ2) is 9.05. The molecule has 0 heterocycles. The summed E-state index contributed by atoms with van der Waals surface area (Å²) in [6, 6.07) is 19.1. The highest BCUT2D eigenvalue weighted by molar-refractivity contribution is 7.99. The lowest BCUT2D eigenvalue weighted by Crippen LogP contribution is -2.26. The fourth-order valence-electron chi connectivity index (χ4n) is 1.96. The van der Waals surface area contributed by atoms with E-state index in [0.717, 1.165) is 5.75 Å². The van der Waals surface area contributed by atoms with Gasteiger partial charge < -0.3 is 5.32 Å². The van der Waals surface area contributed by atoms with Gasteiger partial charge in [0.1, 0.15) is 0 Å². The van der Waals surface area contributed by atoms with Crippen molar-refractivity contribution in [1.82, 2.24) is 5.32 Å². The van der Waals surface area contributed by atoms with E-state index >= 15 is 0 Å². The van der Waals surface area contributed by atoms with E-state index in [2.05, 4.69) is 5.32 Å². The van der Waals surface area contributed by atoms with Crippen molar-refractivity contribution in [3.8, 4) is 0 Å². The molecule has 0 aromatic heterocycles. The normalized spacial score (nSPS) is 10.2. The minimum Gasteiger partial charge on any atom is -0.355 e. The molecule has 0 aliphatic rings. The molecular weight excluding hydrogens is 294 g/mol. The molecule has 3 nitrogen and oxygen atoms in total. The number of hydrogen-bond donors (Lipinski definition) is 1. The molecule has 0 aliphatic heterocycles. The van der Waals surface area contributed by atoms with Gasteiger partial charge in [-0.1, -0.05) is 48.5 Å². The predicted octanol–water partition coefficient (Wildman–Crippen LogP) is 3.56. The predicted molar refractivity (Wildman–Crippen MR) is 90.2 cm³/mol. The molecule has 0 saturated heterocycles. The fourth-order valence-corrected chi connectivity index (χ4v) is 2.75. The minimum atomic E-state index is -0.0713. The van der Waals surface area contributed by atoms with Crippen molar-refractivity contribution < 1.29 is 9.59 Å². The Bertz CT molecular complexity index is 599. The zero-order chi connectivity index (χ0) is 15.6. The van der Waals surface area contributed by atoms with Gasteiger partial charge in [0.05, 0.1) is 0 Å². The smallest absolute Gasteiger partial charge is 0.220 e. The maximum Gasteiger partial charge on any atom is 0.220 e. The summed E-state index contributed by atoms with van der Waals surface area (Å²) >= 11 is 1.70. The Hall–Kier alpha value is -2.07. The van der Waals surface area contributed by atoms with Gasteiger partial charge in [-0.15, -0.1) is 11.8 Å².